The van der Waals surface area contributed by atoms with Crippen LogP contribution in [0.4, 0.5) is 0 Å². The summed E-state index contributed by atoms with van der Waals surface area (Å²) >= 11 is 0. The van der Waals surface area contributed by atoms with E-state index in [4.69, 9.17) is 14.5 Å². The van der Waals surface area contributed by atoms with Gasteiger partial charge in [0.2, 0.25) is 0 Å². The lowest BCUT2D eigenvalue weighted by atomic mass is 9.99. The van der Waals surface area contributed by atoms with Gasteiger partial charge in [0.1, 0.15) is 12.4 Å². The first-order valence-corrected chi connectivity index (χ1v) is 9.51. The Morgan fingerprint density at radius 2 is 2.15 bits per heavy atom. The third kappa shape index (κ3) is 5.66. The standard InChI is InChI=1S/C18H32N6O3/c1-6-27-9-7-8-19-18(20-10-16-22-21-14(3)23(16)4)24-11-13(2)15(12-24)17(25)26-5/h13,15H,6-12H2,1-5H3,(H,19,20). The van der Waals surface area contributed by atoms with Gasteiger partial charge in [-0.15, -0.1) is 10.2 Å². The predicted octanol–water partition coefficient (Wildman–Crippen LogP) is 0.737. The lowest BCUT2D eigenvalue weighted by Crippen LogP contribution is -2.41. The highest BCUT2D eigenvalue weighted by Gasteiger charge is 2.36. The molecule has 0 aliphatic carbocycles. The summed E-state index contributed by atoms with van der Waals surface area (Å²) in [7, 11) is 3.37. The molecule has 0 radical (unpaired) electrons. The van der Waals surface area contributed by atoms with E-state index in [0.717, 1.165) is 43.7 Å². The molecule has 9 nitrogen and oxygen atoms in total. The van der Waals surface area contributed by atoms with Gasteiger partial charge in [-0.1, -0.05) is 6.92 Å². The van der Waals surface area contributed by atoms with Gasteiger partial charge >= 0.3 is 5.97 Å². The quantitative estimate of drug-likeness (QED) is 0.308. The molecule has 0 bridgehead atoms. The molecule has 1 N–H and O–H groups in total. The molecular formula is C18H32N6O3. The average molecular weight is 380 g/mol. The van der Waals surface area contributed by atoms with Crippen molar-refractivity contribution in [2.24, 2.45) is 23.9 Å². The minimum atomic E-state index is -0.162. The Hall–Kier alpha value is -2.16. The number of carbonyl (C=O) groups is 1. The Morgan fingerprint density at radius 1 is 1.37 bits per heavy atom. The van der Waals surface area contributed by atoms with Gasteiger partial charge in [-0.05, 0) is 26.2 Å². The highest BCUT2D eigenvalue weighted by Crippen LogP contribution is 2.24. The molecule has 1 fully saturated rings. The molecule has 27 heavy (non-hydrogen) atoms. The first kappa shape index (κ1) is 21.1. The fourth-order valence-electron chi connectivity index (χ4n) is 3.12. The number of methoxy groups -OCH3 is 1. The third-order valence-corrected chi connectivity index (χ3v) is 4.92. The lowest BCUT2D eigenvalue weighted by molar-refractivity contribution is -0.145. The highest BCUT2D eigenvalue weighted by molar-refractivity contribution is 5.82. The monoisotopic (exact) mass is 380 g/mol. The van der Waals surface area contributed by atoms with E-state index >= 15 is 0 Å². The predicted molar refractivity (Wildman–Crippen MR) is 102 cm³/mol. The van der Waals surface area contributed by atoms with E-state index in [-0.39, 0.29) is 17.8 Å². The number of rotatable bonds is 8. The fourth-order valence-corrected chi connectivity index (χ4v) is 3.12. The van der Waals surface area contributed by atoms with E-state index in [0.29, 0.717) is 19.7 Å². The van der Waals surface area contributed by atoms with Crippen molar-refractivity contribution >= 4 is 11.9 Å². The summed E-state index contributed by atoms with van der Waals surface area (Å²) in [5, 5.41) is 11.7. The molecule has 0 saturated carbocycles. The minimum Gasteiger partial charge on any atom is -0.469 e. The number of carbonyl (C=O) groups excluding carboxylic acids is 1. The Bertz CT molecular complexity index is 645. The number of aryl methyl sites for hydroxylation is 1. The SMILES string of the molecule is CCOCCCNC(=NCc1nnc(C)n1C)N1CC(C)C(C(=O)OC)C1. The van der Waals surface area contributed by atoms with Gasteiger partial charge < -0.3 is 24.3 Å². The second-order valence-corrected chi connectivity index (χ2v) is 6.85. The maximum Gasteiger partial charge on any atom is 0.310 e. The smallest absolute Gasteiger partial charge is 0.310 e. The number of aromatic nitrogens is 3. The second-order valence-electron chi connectivity index (χ2n) is 6.85. The number of nitrogens with zero attached hydrogens (tertiary/aromatic N) is 5. The van der Waals surface area contributed by atoms with Crippen LogP contribution in [0.25, 0.3) is 0 Å². The van der Waals surface area contributed by atoms with E-state index in [2.05, 4.69) is 27.3 Å². The molecule has 1 aromatic heterocycles. The van der Waals surface area contributed by atoms with Crippen LogP contribution in [-0.2, 0) is 27.9 Å². The molecule has 152 valence electrons. The molecule has 2 atom stereocenters. The summed E-state index contributed by atoms with van der Waals surface area (Å²) in [5.41, 5.74) is 0. The maximum atomic E-state index is 12.0. The van der Waals surface area contributed by atoms with Gasteiger partial charge in [0.15, 0.2) is 11.8 Å². The first-order chi connectivity index (χ1) is 13.0. The summed E-state index contributed by atoms with van der Waals surface area (Å²) in [6.45, 7) is 9.94. The van der Waals surface area contributed by atoms with Gasteiger partial charge in [-0.25, -0.2) is 4.99 Å². The Morgan fingerprint density at radius 3 is 2.78 bits per heavy atom. The average Bonchev–Trinajstić information content (AvgIpc) is 3.20. The highest BCUT2D eigenvalue weighted by atomic mass is 16.5. The number of hydrogen-bond acceptors (Lipinski definition) is 6. The zero-order valence-electron chi connectivity index (χ0n) is 17.1. The van der Waals surface area contributed by atoms with E-state index in [1.807, 2.05) is 25.5 Å². The van der Waals surface area contributed by atoms with E-state index in [1.165, 1.54) is 7.11 Å². The molecule has 2 heterocycles. The summed E-state index contributed by atoms with van der Waals surface area (Å²) < 4.78 is 12.3. The van der Waals surface area contributed by atoms with Crippen molar-refractivity contribution in [3.05, 3.63) is 11.6 Å². The normalized spacial score (nSPS) is 20.2. The minimum absolute atomic E-state index is 0.137. The van der Waals surface area contributed by atoms with Crippen LogP contribution in [-0.4, -0.2) is 71.6 Å². The first-order valence-electron chi connectivity index (χ1n) is 9.51. The second kappa shape index (κ2) is 10.2. The zero-order chi connectivity index (χ0) is 19.8. The van der Waals surface area contributed by atoms with Crippen LogP contribution in [0.5, 0.6) is 0 Å². The third-order valence-electron chi connectivity index (χ3n) is 4.92. The fraction of sp³-hybridized carbons (Fsp3) is 0.778. The summed E-state index contributed by atoms with van der Waals surface area (Å²) in [5.74, 6) is 2.35. The van der Waals surface area contributed by atoms with Crippen LogP contribution in [0.2, 0.25) is 0 Å². The van der Waals surface area contributed by atoms with Crippen LogP contribution in [0, 0.1) is 18.8 Å². The molecule has 1 aromatic rings. The number of aliphatic imine (C=N–C) groups is 1. The maximum absolute atomic E-state index is 12.0. The molecule has 1 saturated heterocycles. The van der Waals surface area contributed by atoms with Gasteiger partial charge in [-0.3, -0.25) is 4.79 Å². The van der Waals surface area contributed by atoms with Crippen molar-refractivity contribution in [2.45, 2.75) is 33.7 Å². The largest absolute Gasteiger partial charge is 0.469 e. The molecule has 0 spiro atoms. The number of esters is 1. The van der Waals surface area contributed by atoms with Crippen molar-refractivity contribution in [3.63, 3.8) is 0 Å². The van der Waals surface area contributed by atoms with Crippen LogP contribution < -0.4 is 5.32 Å². The van der Waals surface area contributed by atoms with Crippen molar-refractivity contribution in [2.75, 3.05) is 40.0 Å². The van der Waals surface area contributed by atoms with Gasteiger partial charge in [0.05, 0.1) is 13.0 Å². The molecule has 1 aliphatic rings. The molecular weight excluding hydrogens is 348 g/mol. The molecule has 9 heteroatoms. The number of nitrogens with one attached hydrogen (secondary N) is 1. The Balaban J connectivity index is 2.06. The number of likely N-dealkylation sites (tertiary alicyclic amines) is 1. The van der Waals surface area contributed by atoms with E-state index < -0.39 is 0 Å². The molecule has 0 amide bonds. The topological polar surface area (TPSA) is 93.9 Å². The number of ether oxygens (including phenoxy) is 2. The Kier molecular flexibility index (Phi) is 8.02. The molecule has 2 unspecified atom stereocenters. The van der Waals surface area contributed by atoms with Crippen LogP contribution in [0.1, 0.15) is 31.9 Å². The van der Waals surface area contributed by atoms with Crippen LogP contribution in [0.15, 0.2) is 4.99 Å². The van der Waals surface area contributed by atoms with Crippen molar-refractivity contribution in [1.82, 2.24) is 25.0 Å². The van der Waals surface area contributed by atoms with Crippen molar-refractivity contribution in [1.29, 1.82) is 0 Å². The summed E-state index contributed by atoms with van der Waals surface area (Å²) in [6, 6.07) is 0. The van der Waals surface area contributed by atoms with Crippen molar-refractivity contribution in [3.8, 4) is 0 Å². The van der Waals surface area contributed by atoms with Crippen LogP contribution >= 0.6 is 0 Å². The molecule has 1 aliphatic heterocycles. The number of hydrogen-bond donors (Lipinski definition) is 1. The van der Waals surface area contributed by atoms with E-state index in [1.54, 1.807) is 0 Å². The number of guanidine groups is 1. The van der Waals surface area contributed by atoms with Gasteiger partial charge in [-0.2, -0.15) is 0 Å². The molecule has 2 rings (SSSR count). The van der Waals surface area contributed by atoms with Crippen molar-refractivity contribution < 1.29 is 14.3 Å². The zero-order valence-corrected chi connectivity index (χ0v) is 17.1. The lowest BCUT2D eigenvalue weighted by Gasteiger charge is -2.22. The Labute approximate surface area is 161 Å². The van der Waals surface area contributed by atoms with Gasteiger partial charge in [0.25, 0.3) is 0 Å². The molecule has 0 aromatic carbocycles. The van der Waals surface area contributed by atoms with E-state index in [9.17, 15) is 4.79 Å². The summed E-state index contributed by atoms with van der Waals surface area (Å²) in [6.07, 6.45) is 0.889. The summed E-state index contributed by atoms with van der Waals surface area (Å²) in [4.78, 5) is 18.9. The van der Waals surface area contributed by atoms with Gasteiger partial charge in [0, 0.05) is 39.9 Å². The van der Waals surface area contributed by atoms with Crippen LogP contribution in [0.3, 0.4) is 0 Å².